The summed E-state index contributed by atoms with van der Waals surface area (Å²) in [5, 5.41) is 3.94. The molecular formula is C11H20N4O3S. The van der Waals surface area contributed by atoms with E-state index in [4.69, 9.17) is 4.52 Å². The summed E-state index contributed by atoms with van der Waals surface area (Å²) in [6, 6.07) is 0. The van der Waals surface area contributed by atoms with E-state index >= 15 is 0 Å². The van der Waals surface area contributed by atoms with E-state index in [1.807, 2.05) is 13.8 Å². The van der Waals surface area contributed by atoms with Gasteiger partial charge in [0.25, 0.3) is 0 Å². The molecule has 1 aromatic heterocycles. The molecule has 0 aliphatic carbocycles. The lowest BCUT2D eigenvalue weighted by molar-refractivity contribution is 0.177. The molecule has 0 amide bonds. The van der Waals surface area contributed by atoms with Crippen LogP contribution >= 0.6 is 0 Å². The fourth-order valence-electron chi connectivity index (χ4n) is 1.99. The molecule has 0 saturated carbocycles. The maximum atomic E-state index is 11.4. The minimum atomic E-state index is -3.07. The standard InChI is InChI=1S/C11H20N4O3S/c1-9(2)11-12-10(13-18-11)8-14-4-6-15(7-5-14)19(3,16)17/h9H,4-8H2,1-3H3. The molecule has 1 aromatic rings. The summed E-state index contributed by atoms with van der Waals surface area (Å²) >= 11 is 0. The molecule has 1 aliphatic heterocycles. The number of aromatic nitrogens is 2. The van der Waals surface area contributed by atoms with E-state index in [2.05, 4.69) is 15.0 Å². The third kappa shape index (κ3) is 3.74. The second-order valence-electron chi connectivity index (χ2n) is 5.14. The summed E-state index contributed by atoms with van der Waals surface area (Å²) in [5.74, 6) is 1.53. The summed E-state index contributed by atoms with van der Waals surface area (Å²) in [5.41, 5.74) is 0. The molecule has 0 radical (unpaired) electrons. The van der Waals surface area contributed by atoms with Crippen molar-refractivity contribution >= 4 is 10.0 Å². The minimum absolute atomic E-state index is 0.225. The third-order valence-electron chi connectivity index (χ3n) is 3.14. The van der Waals surface area contributed by atoms with Crippen LogP contribution in [0.3, 0.4) is 0 Å². The van der Waals surface area contributed by atoms with Crippen LogP contribution < -0.4 is 0 Å². The van der Waals surface area contributed by atoms with Crippen LogP contribution in [0.1, 0.15) is 31.5 Å². The van der Waals surface area contributed by atoms with Gasteiger partial charge in [0.1, 0.15) is 0 Å². The first kappa shape index (κ1) is 14.4. The molecule has 0 unspecified atom stereocenters. The van der Waals surface area contributed by atoms with Gasteiger partial charge in [-0.05, 0) is 0 Å². The summed E-state index contributed by atoms with van der Waals surface area (Å²) in [6.45, 7) is 7.04. The molecule has 19 heavy (non-hydrogen) atoms. The first-order valence-corrected chi connectivity index (χ1v) is 8.21. The van der Waals surface area contributed by atoms with Crippen LogP contribution in [-0.4, -0.2) is 60.2 Å². The topological polar surface area (TPSA) is 79.5 Å². The minimum Gasteiger partial charge on any atom is -0.339 e. The molecule has 0 spiro atoms. The van der Waals surface area contributed by atoms with E-state index in [0.29, 0.717) is 44.4 Å². The Morgan fingerprint density at radius 2 is 1.89 bits per heavy atom. The summed E-state index contributed by atoms with van der Waals surface area (Å²) in [6.07, 6.45) is 1.25. The zero-order chi connectivity index (χ0) is 14.0. The van der Waals surface area contributed by atoms with Gasteiger partial charge in [0.2, 0.25) is 15.9 Å². The highest BCUT2D eigenvalue weighted by Crippen LogP contribution is 2.13. The first-order valence-electron chi connectivity index (χ1n) is 6.36. The van der Waals surface area contributed by atoms with Crippen LogP contribution in [0.2, 0.25) is 0 Å². The molecule has 1 saturated heterocycles. The van der Waals surface area contributed by atoms with Crippen molar-refractivity contribution in [3.63, 3.8) is 0 Å². The second-order valence-corrected chi connectivity index (χ2v) is 7.12. The molecule has 108 valence electrons. The Morgan fingerprint density at radius 3 is 2.37 bits per heavy atom. The first-order chi connectivity index (χ1) is 8.86. The Hall–Kier alpha value is -0.990. The van der Waals surface area contributed by atoms with Crippen molar-refractivity contribution in [1.82, 2.24) is 19.3 Å². The zero-order valence-corrected chi connectivity index (χ0v) is 12.4. The number of hydrogen-bond acceptors (Lipinski definition) is 6. The van der Waals surface area contributed by atoms with Gasteiger partial charge in [-0.15, -0.1) is 0 Å². The Balaban J connectivity index is 1.88. The van der Waals surface area contributed by atoms with Crippen molar-refractivity contribution in [3.05, 3.63) is 11.7 Å². The number of hydrogen-bond donors (Lipinski definition) is 0. The van der Waals surface area contributed by atoms with Crippen molar-refractivity contribution in [1.29, 1.82) is 0 Å². The third-order valence-corrected chi connectivity index (χ3v) is 4.45. The molecular weight excluding hydrogens is 268 g/mol. The van der Waals surface area contributed by atoms with E-state index in [1.165, 1.54) is 10.6 Å². The average molecular weight is 288 g/mol. The van der Waals surface area contributed by atoms with Crippen LogP contribution in [0.15, 0.2) is 4.52 Å². The molecule has 1 aliphatic rings. The number of piperazine rings is 1. The van der Waals surface area contributed by atoms with Gasteiger partial charge in [-0.25, -0.2) is 8.42 Å². The van der Waals surface area contributed by atoms with Gasteiger partial charge in [0, 0.05) is 32.1 Å². The summed E-state index contributed by atoms with van der Waals surface area (Å²) < 4.78 is 29.4. The highest BCUT2D eigenvalue weighted by atomic mass is 32.2. The van der Waals surface area contributed by atoms with Gasteiger partial charge in [-0.1, -0.05) is 19.0 Å². The van der Waals surface area contributed by atoms with Gasteiger partial charge < -0.3 is 4.52 Å². The van der Waals surface area contributed by atoms with Crippen LogP contribution in [0.4, 0.5) is 0 Å². The molecule has 1 fully saturated rings. The lowest BCUT2D eigenvalue weighted by Crippen LogP contribution is -2.47. The Bertz CT molecular complexity index is 518. The fourth-order valence-corrected chi connectivity index (χ4v) is 2.81. The van der Waals surface area contributed by atoms with E-state index in [9.17, 15) is 8.42 Å². The number of rotatable bonds is 4. The van der Waals surface area contributed by atoms with Gasteiger partial charge in [-0.2, -0.15) is 9.29 Å². The quantitative estimate of drug-likeness (QED) is 0.791. The largest absolute Gasteiger partial charge is 0.339 e. The van der Waals surface area contributed by atoms with E-state index in [0.717, 1.165) is 0 Å². The van der Waals surface area contributed by atoms with Crippen LogP contribution in [0, 0.1) is 0 Å². The smallest absolute Gasteiger partial charge is 0.229 e. The Kier molecular flexibility index (Phi) is 4.22. The van der Waals surface area contributed by atoms with Crippen molar-refractivity contribution in [2.24, 2.45) is 0 Å². The molecule has 8 heteroatoms. The predicted molar refractivity (Wildman–Crippen MR) is 70.1 cm³/mol. The van der Waals surface area contributed by atoms with Gasteiger partial charge in [-0.3, -0.25) is 4.90 Å². The van der Waals surface area contributed by atoms with Crippen molar-refractivity contribution < 1.29 is 12.9 Å². The summed E-state index contributed by atoms with van der Waals surface area (Å²) in [4.78, 5) is 6.46. The van der Waals surface area contributed by atoms with Crippen LogP contribution in [-0.2, 0) is 16.6 Å². The fraction of sp³-hybridized carbons (Fsp3) is 0.818. The molecule has 2 rings (SSSR count). The van der Waals surface area contributed by atoms with Gasteiger partial charge in [0.05, 0.1) is 12.8 Å². The van der Waals surface area contributed by atoms with Crippen LogP contribution in [0.25, 0.3) is 0 Å². The van der Waals surface area contributed by atoms with Crippen molar-refractivity contribution in [2.45, 2.75) is 26.3 Å². The van der Waals surface area contributed by atoms with E-state index in [-0.39, 0.29) is 5.92 Å². The van der Waals surface area contributed by atoms with E-state index < -0.39 is 10.0 Å². The maximum Gasteiger partial charge on any atom is 0.229 e. The predicted octanol–water partition coefficient (Wildman–Crippen LogP) is 0.270. The highest BCUT2D eigenvalue weighted by molar-refractivity contribution is 7.88. The molecule has 0 bridgehead atoms. The normalized spacial score (nSPS) is 19.2. The van der Waals surface area contributed by atoms with Crippen LogP contribution in [0.5, 0.6) is 0 Å². The molecule has 0 N–H and O–H groups in total. The van der Waals surface area contributed by atoms with Crippen molar-refractivity contribution in [3.8, 4) is 0 Å². The lowest BCUT2D eigenvalue weighted by Gasteiger charge is -2.32. The number of nitrogens with zero attached hydrogens (tertiary/aromatic N) is 4. The summed E-state index contributed by atoms with van der Waals surface area (Å²) in [7, 11) is -3.07. The zero-order valence-electron chi connectivity index (χ0n) is 11.5. The molecule has 7 nitrogen and oxygen atoms in total. The highest BCUT2D eigenvalue weighted by Gasteiger charge is 2.24. The van der Waals surface area contributed by atoms with Gasteiger partial charge in [0.15, 0.2) is 5.82 Å². The average Bonchev–Trinajstić information content (AvgIpc) is 2.77. The monoisotopic (exact) mass is 288 g/mol. The molecule has 0 atom stereocenters. The maximum absolute atomic E-state index is 11.4. The number of sulfonamides is 1. The lowest BCUT2D eigenvalue weighted by atomic mass is 10.2. The Morgan fingerprint density at radius 1 is 1.26 bits per heavy atom. The van der Waals surface area contributed by atoms with Gasteiger partial charge >= 0.3 is 0 Å². The molecule has 2 heterocycles. The Labute approximate surface area is 113 Å². The molecule has 0 aromatic carbocycles. The second kappa shape index (κ2) is 5.56. The van der Waals surface area contributed by atoms with E-state index in [1.54, 1.807) is 0 Å². The van der Waals surface area contributed by atoms with Crippen molar-refractivity contribution in [2.75, 3.05) is 32.4 Å². The SMILES string of the molecule is CC(C)c1nc(CN2CCN(S(C)(=O)=O)CC2)no1.